The molecule has 0 bridgehead atoms. The molecular weight excluding hydrogens is 266 g/mol. The maximum absolute atomic E-state index is 12.0. The number of hydrogen-bond acceptors (Lipinski definition) is 3. The van der Waals surface area contributed by atoms with Crippen molar-refractivity contribution in [2.45, 2.75) is 46.1 Å². The molecule has 0 aliphatic rings. The van der Waals surface area contributed by atoms with Gasteiger partial charge in [-0.15, -0.1) is 0 Å². The summed E-state index contributed by atoms with van der Waals surface area (Å²) in [5.74, 6) is 1.12. The number of methoxy groups -OCH3 is 1. The van der Waals surface area contributed by atoms with Crippen molar-refractivity contribution in [2.75, 3.05) is 20.3 Å². The molecule has 4 nitrogen and oxygen atoms in total. The van der Waals surface area contributed by atoms with Gasteiger partial charge in [0.15, 0.2) is 6.10 Å². The SMILES string of the molecule is COCCCNC(=O)C(C)Oc1cc(C(C)C)ccc1C. The van der Waals surface area contributed by atoms with E-state index in [9.17, 15) is 4.79 Å². The van der Waals surface area contributed by atoms with E-state index in [0.717, 1.165) is 17.7 Å². The van der Waals surface area contributed by atoms with Gasteiger partial charge in [0, 0.05) is 20.3 Å². The number of carbonyl (C=O) groups is 1. The van der Waals surface area contributed by atoms with Gasteiger partial charge in [0.2, 0.25) is 0 Å². The van der Waals surface area contributed by atoms with Gasteiger partial charge in [-0.05, 0) is 43.4 Å². The molecule has 0 spiro atoms. The quantitative estimate of drug-likeness (QED) is 0.749. The van der Waals surface area contributed by atoms with Crippen LogP contribution in [0.5, 0.6) is 5.75 Å². The summed E-state index contributed by atoms with van der Waals surface area (Å²) in [6.45, 7) is 9.28. The van der Waals surface area contributed by atoms with E-state index in [0.29, 0.717) is 19.1 Å². The van der Waals surface area contributed by atoms with Gasteiger partial charge in [0.05, 0.1) is 0 Å². The van der Waals surface area contributed by atoms with E-state index in [1.165, 1.54) is 5.56 Å². The molecule has 1 aromatic rings. The standard InChI is InChI=1S/C17H27NO3/c1-12(2)15-8-7-13(3)16(11-15)21-14(4)17(19)18-9-6-10-20-5/h7-8,11-12,14H,6,9-10H2,1-5H3,(H,18,19). The second kappa shape index (κ2) is 8.67. The van der Waals surface area contributed by atoms with Crippen molar-refractivity contribution in [1.82, 2.24) is 5.32 Å². The molecule has 1 aromatic carbocycles. The molecule has 0 heterocycles. The minimum absolute atomic E-state index is 0.0968. The lowest BCUT2D eigenvalue weighted by molar-refractivity contribution is -0.127. The summed E-state index contributed by atoms with van der Waals surface area (Å²) in [5, 5.41) is 2.85. The van der Waals surface area contributed by atoms with Crippen LogP contribution < -0.4 is 10.1 Å². The third-order valence-electron chi connectivity index (χ3n) is 3.38. The molecule has 1 atom stereocenters. The van der Waals surface area contributed by atoms with Gasteiger partial charge in [-0.1, -0.05) is 26.0 Å². The Morgan fingerprint density at radius 1 is 1.29 bits per heavy atom. The number of amides is 1. The van der Waals surface area contributed by atoms with Crippen LogP contribution >= 0.6 is 0 Å². The Balaban J connectivity index is 2.59. The summed E-state index contributed by atoms with van der Waals surface area (Å²) >= 11 is 0. The van der Waals surface area contributed by atoms with E-state index in [-0.39, 0.29) is 5.91 Å². The largest absolute Gasteiger partial charge is 0.481 e. The van der Waals surface area contributed by atoms with Crippen molar-refractivity contribution in [2.24, 2.45) is 0 Å². The van der Waals surface area contributed by atoms with Crippen LogP contribution in [0.3, 0.4) is 0 Å². The number of rotatable bonds is 8. The van der Waals surface area contributed by atoms with Crippen molar-refractivity contribution in [1.29, 1.82) is 0 Å². The lowest BCUT2D eigenvalue weighted by Crippen LogP contribution is -2.37. The van der Waals surface area contributed by atoms with Crippen LogP contribution in [0.1, 0.15) is 44.2 Å². The molecule has 118 valence electrons. The minimum Gasteiger partial charge on any atom is -0.481 e. The van der Waals surface area contributed by atoms with Crippen molar-refractivity contribution in [3.8, 4) is 5.75 Å². The molecule has 0 aromatic heterocycles. The molecule has 1 N–H and O–H groups in total. The Morgan fingerprint density at radius 2 is 2.00 bits per heavy atom. The van der Waals surface area contributed by atoms with Gasteiger partial charge in [-0.3, -0.25) is 4.79 Å². The molecule has 1 rings (SSSR count). The van der Waals surface area contributed by atoms with Gasteiger partial charge in [0.1, 0.15) is 5.75 Å². The van der Waals surface area contributed by atoms with Crippen LogP contribution in [0.2, 0.25) is 0 Å². The second-order valence-electron chi connectivity index (χ2n) is 5.58. The topological polar surface area (TPSA) is 47.6 Å². The van der Waals surface area contributed by atoms with Crippen LogP contribution in [0.25, 0.3) is 0 Å². The molecule has 4 heteroatoms. The van der Waals surface area contributed by atoms with Crippen LogP contribution in [0, 0.1) is 6.92 Å². The monoisotopic (exact) mass is 293 g/mol. The summed E-state index contributed by atoms with van der Waals surface area (Å²) in [6.07, 6.45) is 0.297. The molecule has 0 aliphatic carbocycles. The van der Waals surface area contributed by atoms with E-state index in [1.54, 1.807) is 14.0 Å². The van der Waals surface area contributed by atoms with E-state index in [2.05, 4.69) is 25.2 Å². The molecule has 0 saturated heterocycles. The van der Waals surface area contributed by atoms with Gasteiger partial charge >= 0.3 is 0 Å². The Bertz CT molecular complexity index is 457. The highest BCUT2D eigenvalue weighted by molar-refractivity contribution is 5.80. The Morgan fingerprint density at radius 3 is 2.62 bits per heavy atom. The van der Waals surface area contributed by atoms with Crippen molar-refractivity contribution in [3.05, 3.63) is 29.3 Å². The molecule has 0 fully saturated rings. The highest BCUT2D eigenvalue weighted by Crippen LogP contribution is 2.25. The van der Waals surface area contributed by atoms with Crippen molar-refractivity contribution < 1.29 is 14.3 Å². The maximum atomic E-state index is 12.0. The second-order valence-corrected chi connectivity index (χ2v) is 5.58. The zero-order valence-corrected chi connectivity index (χ0v) is 13.7. The third-order valence-corrected chi connectivity index (χ3v) is 3.38. The van der Waals surface area contributed by atoms with E-state index in [1.807, 2.05) is 19.1 Å². The Hall–Kier alpha value is -1.55. The summed E-state index contributed by atoms with van der Waals surface area (Å²) in [6, 6.07) is 6.16. The molecule has 21 heavy (non-hydrogen) atoms. The first-order valence-corrected chi connectivity index (χ1v) is 7.49. The average Bonchev–Trinajstić information content (AvgIpc) is 2.45. The fraction of sp³-hybridized carbons (Fsp3) is 0.588. The average molecular weight is 293 g/mol. The van der Waals surface area contributed by atoms with E-state index < -0.39 is 6.10 Å². The smallest absolute Gasteiger partial charge is 0.260 e. The van der Waals surface area contributed by atoms with Crippen molar-refractivity contribution >= 4 is 5.91 Å². The van der Waals surface area contributed by atoms with Gasteiger partial charge in [-0.2, -0.15) is 0 Å². The first kappa shape index (κ1) is 17.5. The number of carbonyl (C=O) groups excluding carboxylic acids is 1. The summed E-state index contributed by atoms with van der Waals surface area (Å²) in [5.41, 5.74) is 2.25. The number of hydrogen-bond donors (Lipinski definition) is 1. The molecule has 1 amide bonds. The first-order valence-electron chi connectivity index (χ1n) is 7.49. The molecule has 0 saturated carbocycles. The summed E-state index contributed by atoms with van der Waals surface area (Å²) in [4.78, 5) is 12.0. The normalized spacial score (nSPS) is 12.3. The van der Waals surface area contributed by atoms with Crippen LogP contribution in [0.15, 0.2) is 18.2 Å². The molecular formula is C17H27NO3. The molecule has 1 unspecified atom stereocenters. The fourth-order valence-corrected chi connectivity index (χ4v) is 1.92. The van der Waals surface area contributed by atoms with E-state index >= 15 is 0 Å². The predicted octanol–water partition coefficient (Wildman–Crippen LogP) is 3.04. The highest BCUT2D eigenvalue weighted by atomic mass is 16.5. The molecule has 0 aliphatic heterocycles. The Kier molecular flexibility index (Phi) is 7.23. The van der Waals surface area contributed by atoms with Crippen LogP contribution in [-0.4, -0.2) is 32.3 Å². The van der Waals surface area contributed by atoms with Crippen molar-refractivity contribution in [3.63, 3.8) is 0 Å². The minimum atomic E-state index is -0.506. The Labute approximate surface area is 127 Å². The molecule has 0 radical (unpaired) electrons. The maximum Gasteiger partial charge on any atom is 0.260 e. The van der Waals surface area contributed by atoms with Crippen LogP contribution in [0.4, 0.5) is 0 Å². The fourth-order valence-electron chi connectivity index (χ4n) is 1.92. The first-order chi connectivity index (χ1) is 9.95. The lowest BCUT2D eigenvalue weighted by Gasteiger charge is -2.18. The zero-order chi connectivity index (χ0) is 15.8. The van der Waals surface area contributed by atoms with Gasteiger partial charge < -0.3 is 14.8 Å². The number of ether oxygens (including phenoxy) is 2. The van der Waals surface area contributed by atoms with Crippen LogP contribution in [-0.2, 0) is 9.53 Å². The van der Waals surface area contributed by atoms with Gasteiger partial charge in [0.25, 0.3) is 5.91 Å². The highest BCUT2D eigenvalue weighted by Gasteiger charge is 2.15. The number of nitrogens with one attached hydrogen (secondary N) is 1. The zero-order valence-electron chi connectivity index (χ0n) is 13.7. The predicted molar refractivity (Wildman–Crippen MR) is 84.9 cm³/mol. The third kappa shape index (κ3) is 5.76. The van der Waals surface area contributed by atoms with E-state index in [4.69, 9.17) is 9.47 Å². The lowest BCUT2D eigenvalue weighted by atomic mass is 10.0. The summed E-state index contributed by atoms with van der Waals surface area (Å²) < 4.78 is 10.8. The summed E-state index contributed by atoms with van der Waals surface area (Å²) in [7, 11) is 1.65. The van der Waals surface area contributed by atoms with Gasteiger partial charge in [-0.25, -0.2) is 0 Å². The number of aryl methyl sites for hydroxylation is 1. The number of benzene rings is 1.